The SMILES string of the molecule is COCCN(C)CCNCCS(C)(=O)=O. The van der Waals surface area contributed by atoms with Crippen LogP contribution < -0.4 is 5.32 Å². The predicted molar refractivity (Wildman–Crippen MR) is 62.0 cm³/mol. The monoisotopic (exact) mass is 238 g/mol. The molecule has 15 heavy (non-hydrogen) atoms. The molecule has 0 spiro atoms. The number of sulfone groups is 1. The van der Waals surface area contributed by atoms with Crippen molar-refractivity contribution in [2.75, 3.05) is 59.0 Å². The Kier molecular flexibility index (Phi) is 7.95. The van der Waals surface area contributed by atoms with Crippen LogP contribution in [-0.2, 0) is 14.6 Å². The third-order valence-electron chi connectivity index (χ3n) is 2.00. The summed E-state index contributed by atoms with van der Waals surface area (Å²) in [7, 11) is 0.855. The zero-order valence-corrected chi connectivity index (χ0v) is 10.6. The van der Waals surface area contributed by atoms with E-state index in [9.17, 15) is 8.42 Å². The molecule has 5 nitrogen and oxygen atoms in total. The molecule has 6 heteroatoms. The second kappa shape index (κ2) is 8.04. The number of likely N-dealkylation sites (N-methyl/N-ethyl adjacent to an activating group) is 1. The minimum absolute atomic E-state index is 0.203. The molecule has 0 unspecified atom stereocenters. The van der Waals surface area contributed by atoms with Crippen LogP contribution in [0.25, 0.3) is 0 Å². The summed E-state index contributed by atoms with van der Waals surface area (Å²) in [5.41, 5.74) is 0. The first-order valence-corrected chi connectivity index (χ1v) is 7.07. The van der Waals surface area contributed by atoms with Crippen LogP contribution in [-0.4, -0.2) is 72.3 Å². The molecule has 0 aromatic heterocycles. The molecule has 0 fully saturated rings. The highest BCUT2D eigenvalue weighted by atomic mass is 32.2. The van der Waals surface area contributed by atoms with Crippen molar-refractivity contribution in [3.8, 4) is 0 Å². The second-order valence-corrected chi connectivity index (χ2v) is 5.94. The second-order valence-electron chi connectivity index (χ2n) is 3.68. The molecule has 0 aliphatic carbocycles. The van der Waals surface area contributed by atoms with Gasteiger partial charge in [0.2, 0.25) is 0 Å². The average Bonchev–Trinajstić information content (AvgIpc) is 2.12. The van der Waals surface area contributed by atoms with Crippen molar-refractivity contribution in [3.05, 3.63) is 0 Å². The smallest absolute Gasteiger partial charge is 0.148 e. The molecule has 0 aromatic carbocycles. The fourth-order valence-corrected chi connectivity index (χ4v) is 1.53. The normalized spacial score (nSPS) is 12.3. The first-order chi connectivity index (χ1) is 6.95. The standard InChI is InChI=1S/C9H22N2O3S/c1-11(7-8-14-2)6-4-10-5-9-15(3,12)13/h10H,4-9H2,1-3H3. The van der Waals surface area contributed by atoms with Crippen molar-refractivity contribution >= 4 is 9.84 Å². The summed E-state index contributed by atoms with van der Waals surface area (Å²) in [4.78, 5) is 2.14. The lowest BCUT2D eigenvalue weighted by Gasteiger charge is -2.15. The zero-order valence-electron chi connectivity index (χ0n) is 9.82. The van der Waals surface area contributed by atoms with Gasteiger partial charge in [-0.1, -0.05) is 0 Å². The minimum atomic E-state index is -2.84. The Morgan fingerprint density at radius 1 is 1.27 bits per heavy atom. The van der Waals surface area contributed by atoms with Crippen LogP contribution >= 0.6 is 0 Å². The maximum atomic E-state index is 10.8. The minimum Gasteiger partial charge on any atom is -0.383 e. The van der Waals surface area contributed by atoms with Crippen LogP contribution in [0.4, 0.5) is 0 Å². The third kappa shape index (κ3) is 11.8. The summed E-state index contributed by atoms with van der Waals surface area (Å²) in [5.74, 6) is 0.203. The van der Waals surface area contributed by atoms with Gasteiger partial charge in [0.05, 0.1) is 12.4 Å². The summed E-state index contributed by atoms with van der Waals surface area (Å²) < 4.78 is 26.5. The van der Waals surface area contributed by atoms with Gasteiger partial charge in [0.25, 0.3) is 0 Å². The van der Waals surface area contributed by atoms with E-state index in [-0.39, 0.29) is 5.75 Å². The number of nitrogens with one attached hydrogen (secondary N) is 1. The van der Waals surface area contributed by atoms with Gasteiger partial charge in [-0.15, -0.1) is 0 Å². The molecule has 0 aliphatic rings. The predicted octanol–water partition coefficient (Wildman–Crippen LogP) is -0.801. The van der Waals surface area contributed by atoms with Crippen LogP contribution in [0.15, 0.2) is 0 Å². The van der Waals surface area contributed by atoms with Gasteiger partial charge in [-0.05, 0) is 7.05 Å². The van der Waals surface area contributed by atoms with Crippen LogP contribution in [0.2, 0.25) is 0 Å². The molecule has 1 N–H and O–H groups in total. The number of hydrogen-bond acceptors (Lipinski definition) is 5. The summed E-state index contributed by atoms with van der Waals surface area (Å²) in [5, 5.41) is 3.09. The fourth-order valence-electron chi connectivity index (χ4n) is 1.01. The van der Waals surface area contributed by atoms with E-state index >= 15 is 0 Å². The van der Waals surface area contributed by atoms with Crippen molar-refractivity contribution in [2.45, 2.75) is 0 Å². The Hall–Kier alpha value is -0.170. The lowest BCUT2D eigenvalue weighted by Crippen LogP contribution is -2.33. The summed E-state index contributed by atoms with van der Waals surface area (Å²) in [6, 6.07) is 0. The lowest BCUT2D eigenvalue weighted by atomic mass is 10.5. The maximum Gasteiger partial charge on any atom is 0.148 e. The molecular weight excluding hydrogens is 216 g/mol. The molecule has 0 saturated carbocycles. The Morgan fingerprint density at radius 3 is 2.47 bits per heavy atom. The van der Waals surface area contributed by atoms with Gasteiger partial charge in [0, 0.05) is 39.5 Å². The van der Waals surface area contributed by atoms with E-state index in [1.807, 2.05) is 7.05 Å². The van der Waals surface area contributed by atoms with Crippen LogP contribution in [0.1, 0.15) is 0 Å². The molecule has 0 radical (unpaired) electrons. The largest absolute Gasteiger partial charge is 0.383 e. The number of ether oxygens (including phenoxy) is 1. The first-order valence-electron chi connectivity index (χ1n) is 5.01. The molecule has 0 amide bonds. The maximum absolute atomic E-state index is 10.8. The van der Waals surface area contributed by atoms with Gasteiger partial charge >= 0.3 is 0 Å². The topological polar surface area (TPSA) is 58.6 Å². The Bertz CT molecular complexity index is 242. The van der Waals surface area contributed by atoms with Crippen molar-refractivity contribution in [3.63, 3.8) is 0 Å². The van der Waals surface area contributed by atoms with Gasteiger partial charge < -0.3 is 15.0 Å². The van der Waals surface area contributed by atoms with E-state index in [2.05, 4.69) is 10.2 Å². The molecule has 0 aromatic rings. The number of nitrogens with zero attached hydrogens (tertiary/aromatic N) is 1. The highest BCUT2D eigenvalue weighted by Crippen LogP contribution is 1.82. The van der Waals surface area contributed by atoms with Crippen molar-refractivity contribution in [1.82, 2.24) is 10.2 Å². The first kappa shape index (κ1) is 14.8. The highest BCUT2D eigenvalue weighted by Gasteiger charge is 2.01. The van der Waals surface area contributed by atoms with Gasteiger partial charge in [0.1, 0.15) is 9.84 Å². The van der Waals surface area contributed by atoms with E-state index in [1.54, 1.807) is 7.11 Å². The Morgan fingerprint density at radius 2 is 1.93 bits per heavy atom. The van der Waals surface area contributed by atoms with Gasteiger partial charge in [-0.2, -0.15) is 0 Å². The van der Waals surface area contributed by atoms with Crippen molar-refractivity contribution < 1.29 is 13.2 Å². The van der Waals surface area contributed by atoms with E-state index in [0.717, 1.165) is 26.2 Å². The van der Waals surface area contributed by atoms with E-state index < -0.39 is 9.84 Å². The van der Waals surface area contributed by atoms with Gasteiger partial charge in [-0.3, -0.25) is 0 Å². The Balaban J connectivity index is 3.31. The fraction of sp³-hybridized carbons (Fsp3) is 1.00. The van der Waals surface area contributed by atoms with Crippen molar-refractivity contribution in [1.29, 1.82) is 0 Å². The third-order valence-corrected chi connectivity index (χ3v) is 2.94. The van der Waals surface area contributed by atoms with E-state index in [1.165, 1.54) is 6.26 Å². The van der Waals surface area contributed by atoms with E-state index in [0.29, 0.717) is 6.54 Å². The van der Waals surface area contributed by atoms with Gasteiger partial charge in [0.15, 0.2) is 0 Å². The quantitative estimate of drug-likeness (QED) is 0.533. The van der Waals surface area contributed by atoms with Crippen LogP contribution in [0, 0.1) is 0 Å². The van der Waals surface area contributed by atoms with Crippen LogP contribution in [0.3, 0.4) is 0 Å². The zero-order chi connectivity index (χ0) is 11.7. The highest BCUT2D eigenvalue weighted by molar-refractivity contribution is 7.90. The average molecular weight is 238 g/mol. The Labute approximate surface area is 92.7 Å². The lowest BCUT2D eigenvalue weighted by molar-refractivity contribution is 0.161. The number of methoxy groups -OCH3 is 1. The van der Waals surface area contributed by atoms with Gasteiger partial charge in [-0.25, -0.2) is 8.42 Å². The molecular formula is C9H22N2O3S. The number of rotatable bonds is 9. The molecule has 0 bridgehead atoms. The molecule has 0 heterocycles. The molecule has 92 valence electrons. The summed E-state index contributed by atoms with van der Waals surface area (Å²) >= 11 is 0. The van der Waals surface area contributed by atoms with Crippen molar-refractivity contribution in [2.24, 2.45) is 0 Å². The molecule has 0 rings (SSSR count). The van der Waals surface area contributed by atoms with Crippen LogP contribution in [0.5, 0.6) is 0 Å². The summed E-state index contributed by atoms with van der Waals surface area (Å²) in [6.45, 7) is 3.84. The molecule has 0 saturated heterocycles. The summed E-state index contributed by atoms with van der Waals surface area (Å²) in [6.07, 6.45) is 1.25. The van der Waals surface area contributed by atoms with E-state index in [4.69, 9.17) is 4.74 Å². The number of hydrogen-bond donors (Lipinski definition) is 1. The molecule has 0 aliphatic heterocycles. The molecule has 0 atom stereocenters.